The standard InChI is InChI=1S/C16H17N3O2/c1-10-4-2-6-13-15(10)17-9-14-18-12(16(20)19(13)14)8-11-5-3-7-21-11/h3,5,7,9-10,17H,2,4,6,8H2,1H3. The van der Waals surface area contributed by atoms with Crippen molar-refractivity contribution >= 4 is 0 Å². The summed E-state index contributed by atoms with van der Waals surface area (Å²) in [5, 5.41) is 0. The van der Waals surface area contributed by atoms with Crippen LogP contribution in [0.4, 0.5) is 0 Å². The smallest absolute Gasteiger partial charge is 0.278 e. The average molecular weight is 283 g/mol. The fourth-order valence-corrected chi connectivity index (χ4v) is 3.26. The van der Waals surface area contributed by atoms with Gasteiger partial charge in [-0.2, -0.15) is 0 Å². The Kier molecular flexibility index (Phi) is 2.74. The van der Waals surface area contributed by atoms with Crippen LogP contribution < -0.4 is 5.56 Å². The van der Waals surface area contributed by atoms with Gasteiger partial charge >= 0.3 is 0 Å². The van der Waals surface area contributed by atoms with Crippen molar-refractivity contribution < 1.29 is 4.42 Å². The first-order valence-electron chi connectivity index (χ1n) is 7.38. The van der Waals surface area contributed by atoms with Crippen LogP contribution in [0.5, 0.6) is 0 Å². The topological polar surface area (TPSA) is 63.8 Å². The van der Waals surface area contributed by atoms with Crippen LogP contribution in [0.15, 0.2) is 33.8 Å². The van der Waals surface area contributed by atoms with Gasteiger partial charge in [0.25, 0.3) is 5.56 Å². The maximum absolute atomic E-state index is 12.7. The van der Waals surface area contributed by atoms with Gasteiger partial charge in [0.2, 0.25) is 0 Å². The summed E-state index contributed by atoms with van der Waals surface area (Å²) < 4.78 is 7.10. The van der Waals surface area contributed by atoms with Crippen LogP contribution in [0.2, 0.25) is 0 Å². The van der Waals surface area contributed by atoms with E-state index in [0.717, 1.165) is 30.7 Å². The molecule has 108 valence electrons. The second-order valence-corrected chi connectivity index (χ2v) is 5.76. The highest BCUT2D eigenvalue weighted by Gasteiger charge is 2.25. The molecule has 1 aromatic heterocycles. The number of fused-ring (bicyclic) bond motifs is 3. The molecule has 0 saturated heterocycles. The van der Waals surface area contributed by atoms with Crippen LogP contribution in [-0.2, 0) is 12.8 Å². The normalized spacial score (nSPS) is 18.0. The Morgan fingerprint density at radius 2 is 2.43 bits per heavy atom. The van der Waals surface area contributed by atoms with Crippen molar-refractivity contribution in [1.82, 2.24) is 14.5 Å². The molecular formula is C16H17N3O2. The minimum atomic E-state index is -0.0132. The first-order valence-corrected chi connectivity index (χ1v) is 7.38. The molecule has 0 aromatic carbocycles. The summed E-state index contributed by atoms with van der Waals surface area (Å²) in [6.45, 7) is 2.20. The Hall–Kier alpha value is -2.30. The Morgan fingerprint density at radius 3 is 3.24 bits per heavy atom. The largest absolute Gasteiger partial charge is 0.469 e. The summed E-state index contributed by atoms with van der Waals surface area (Å²) in [4.78, 5) is 20.5. The van der Waals surface area contributed by atoms with Gasteiger partial charge in [0.1, 0.15) is 11.5 Å². The number of hydrogen-bond donors (Lipinski definition) is 1. The molecule has 0 radical (unpaired) electrons. The molecule has 3 heterocycles. The fourth-order valence-electron chi connectivity index (χ4n) is 3.26. The number of imidazole rings is 1. The van der Waals surface area contributed by atoms with Crippen LogP contribution in [0.25, 0.3) is 5.82 Å². The lowest BCUT2D eigenvalue weighted by atomic mass is 9.90. The summed E-state index contributed by atoms with van der Waals surface area (Å²) >= 11 is 0. The van der Waals surface area contributed by atoms with E-state index in [2.05, 4.69) is 16.9 Å². The van der Waals surface area contributed by atoms with Crippen molar-refractivity contribution in [1.29, 1.82) is 0 Å². The van der Waals surface area contributed by atoms with Crippen molar-refractivity contribution in [3.63, 3.8) is 0 Å². The van der Waals surface area contributed by atoms with Crippen molar-refractivity contribution in [3.8, 4) is 5.82 Å². The lowest BCUT2D eigenvalue weighted by Crippen LogP contribution is -2.24. The molecule has 5 nitrogen and oxygen atoms in total. The van der Waals surface area contributed by atoms with E-state index >= 15 is 0 Å². The van der Waals surface area contributed by atoms with Crippen LogP contribution >= 0.6 is 0 Å². The molecule has 1 unspecified atom stereocenters. The average Bonchev–Trinajstić information content (AvgIpc) is 3.09. The van der Waals surface area contributed by atoms with E-state index in [4.69, 9.17) is 4.42 Å². The Balaban J connectivity index is 1.87. The number of aromatic amines is 1. The lowest BCUT2D eigenvalue weighted by molar-refractivity contribution is 0.519. The maximum Gasteiger partial charge on any atom is 0.278 e. The van der Waals surface area contributed by atoms with Gasteiger partial charge < -0.3 is 9.40 Å². The molecule has 21 heavy (non-hydrogen) atoms. The van der Waals surface area contributed by atoms with Gasteiger partial charge in [-0.1, -0.05) is 6.92 Å². The number of aromatic nitrogens is 3. The maximum atomic E-state index is 12.7. The van der Waals surface area contributed by atoms with Crippen LogP contribution in [-0.4, -0.2) is 14.5 Å². The van der Waals surface area contributed by atoms with E-state index in [1.165, 1.54) is 5.69 Å². The zero-order valence-corrected chi connectivity index (χ0v) is 11.9. The van der Waals surface area contributed by atoms with E-state index < -0.39 is 0 Å². The molecule has 3 aliphatic rings. The SMILES string of the molecule is CC1CCCc2c1[nH]cc1nc(Cc3ccco3)c(=O)n2-1. The summed E-state index contributed by atoms with van der Waals surface area (Å²) in [6, 6.07) is 3.69. The first kappa shape index (κ1) is 12.4. The van der Waals surface area contributed by atoms with Gasteiger partial charge in [0.15, 0.2) is 5.82 Å². The van der Waals surface area contributed by atoms with Crippen LogP contribution in [0.1, 0.15) is 48.5 Å². The van der Waals surface area contributed by atoms with Gasteiger partial charge in [0.05, 0.1) is 12.7 Å². The number of rotatable bonds is 2. The zero-order valence-electron chi connectivity index (χ0n) is 11.9. The molecule has 5 heteroatoms. The minimum Gasteiger partial charge on any atom is -0.469 e. The molecule has 1 aromatic rings. The second kappa shape index (κ2) is 4.62. The van der Waals surface area contributed by atoms with Gasteiger partial charge in [-0.3, -0.25) is 9.36 Å². The molecule has 1 aliphatic carbocycles. The highest BCUT2D eigenvalue weighted by molar-refractivity contribution is 5.35. The van der Waals surface area contributed by atoms with Gasteiger partial charge in [0, 0.05) is 17.6 Å². The van der Waals surface area contributed by atoms with Crippen LogP contribution in [0, 0.1) is 0 Å². The molecule has 0 fully saturated rings. The van der Waals surface area contributed by atoms with Gasteiger partial charge in [-0.25, -0.2) is 4.98 Å². The highest BCUT2D eigenvalue weighted by atomic mass is 16.3. The molecule has 0 saturated carbocycles. The quantitative estimate of drug-likeness (QED) is 0.786. The van der Waals surface area contributed by atoms with E-state index in [9.17, 15) is 4.79 Å². The van der Waals surface area contributed by atoms with E-state index in [0.29, 0.717) is 23.9 Å². The van der Waals surface area contributed by atoms with Crippen molar-refractivity contribution in [2.75, 3.05) is 0 Å². The second-order valence-electron chi connectivity index (χ2n) is 5.76. The number of H-pyrrole nitrogens is 1. The predicted molar refractivity (Wildman–Crippen MR) is 78.2 cm³/mol. The summed E-state index contributed by atoms with van der Waals surface area (Å²) in [7, 11) is 0. The number of nitrogens with one attached hydrogen (secondary N) is 1. The zero-order chi connectivity index (χ0) is 14.4. The summed E-state index contributed by atoms with van der Waals surface area (Å²) in [5.41, 5.74) is 2.80. The predicted octanol–water partition coefficient (Wildman–Crippen LogP) is 2.62. The first-order chi connectivity index (χ1) is 10.2. The molecule has 1 atom stereocenters. The van der Waals surface area contributed by atoms with E-state index in [1.54, 1.807) is 10.8 Å². The third-order valence-electron chi connectivity index (χ3n) is 4.33. The van der Waals surface area contributed by atoms with E-state index in [-0.39, 0.29) is 5.56 Å². The third-order valence-corrected chi connectivity index (χ3v) is 4.33. The third kappa shape index (κ3) is 1.92. The molecule has 0 bridgehead atoms. The molecule has 0 spiro atoms. The van der Waals surface area contributed by atoms with Crippen molar-refractivity contribution in [2.45, 2.75) is 38.5 Å². The number of hydrogen-bond acceptors (Lipinski definition) is 3. The van der Waals surface area contributed by atoms with E-state index in [1.807, 2.05) is 18.3 Å². The molecular weight excluding hydrogens is 266 g/mol. The molecule has 2 aliphatic heterocycles. The van der Waals surface area contributed by atoms with Gasteiger partial charge in [-0.15, -0.1) is 0 Å². The molecule has 1 N–H and O–H groups in total. The van der Waals surface area contributed by atoms with Gasteiger partial charge in [-0.05, 0) is 37.3 Å². The van der Waals surface area contributed by atoms with Crippen molar-refractivity contribution in [3.05, 3.63) is 57.8 Å². The number of furan rings is 1. The minimum absolute atomic E-state index is 0.0132. The lowest BCUT2D eigenvalue weighted by Gasteiger charge is -2.24. The monoisotopic (exact) mass is 283 g/mol. The summed E-state index contributed by atoms with van der Waals surface area (Å²) in [6.07, 6.45) is 7.11. The van der Waals surface area contributed by atoms with Crippen LogP contribution in [0.3, 0.4) is 0 Å². The Morgan fingerprint density at radius 1 is 1.52 bits per heavy atom. The number of nitrogens with zero attached hydrogens (tertiary/aromatic N) is 2. The fraction of sp³-hybridized carbons (Fsp3) is 0.375. The Labute approximate surface area is 122 Å². The van der Waals surface area contributed by atoms with Crippen molar-refractivity contribution in [2.24, 2.45) is 0 Å². The summed E-state index contributed by atoms with van der Waals surface area (Å²) in [5.74, 6) is 1.93. The highest BCUT2D eigenvalue weighted by Crippen LogP contribution is 2.30. The molecule has 4 rings (SSSR count). The Bertz CT molecular complexity index is 798. The molecule has 0 amide bonds.